The van der Waals surface area contributed by atoms with Gasteiger partial charge in [0.25, 0.3) is 0 Å². The number of aromatic nitrogens is 2. The number of aliphatic hydroxyl groups is 1. The van der Waals surface area contributed by atoms with E-state index in [0.717, 1.165) is 16.9 Å². The molecule has 0 atom stereocenters. The topological polar surface area (TPSA) is 66.0 Å². The van der Waals surface area contributed by atoms with Crippen LogP contribution in [0.1, 0.15) is 29.0 Å². The number of carbonyl (C=O) groups is 1. The van der Waals surface area contributed by atoms with Crippen molar-refractivity contribution in [1.82, 2.24) is 9.97 Å². The summed E-state index contributed by atoms with van der Waals surface area (Å²) in [5.41, 5.74) is 2.42. The zero-order chi connectivity index (χ0) is 11.5. The fourth-order valence-electron chi connectivity index (χ4n) is 1.69. The molecule has 2 aromatic rings. The van der Waals surface area contributed by atoms with Crippen LogP contribution in [0.4, 0.5) is 0 Å². The van der Waals surface area contributed by atoms with Crippen LogP contribution in [0, 0.1) is 6.92 Å². The molecule has 0 unspecified atom stereocenters. The summed E-state index contributed by atoms with van der Waals surface area (Å²) in [6, 6.07) is 5.43. The maximum absolute atomic E-state index is 11.7. The molecule has 0 aliphatic carbocycles. The van der Waals surface area contributed by atoms with E-state index in [0.29, 0.717) is 18.4 Å². The van der Waals surface area contributed by atoms with Crippen LogP contribution in [0.3, 0.4) is 0 Å². The van der Waals surface area contributed by atoms with Crippen LogP contribution in [0.5, 0.6) is 0 Å². The summed E-state index contributed by atoms with van der Waals surface area (Å²) < 4.78 is 0. The monoisotopic (exact) mass is 218 g/mol. The Bertz CT molecular complexity index is 517. The van der Waals surface area contributed by atoms with Crippen molar-refractivity contribution in [3.63, 3.8) is 0 Å². The summed E-state index contributed by atoms with van der Waals surface area (Å²) in [7, 11) is 0. The lowest BCUT2D eigenvalue weighted by Crippen LogP contribution is -2.00. The highest BCUT2D eigenvalue weighted by molar-refractivity contribution is 5.98. The van der Waals surface area contributed by atoms with Gasteiger partial charge in [-0.1, -0.05) is 0 Å². The predicted octanol–water partition coefficient (Wildman–Crippen LogP) is 1.83. The Morgan fingerprint density at radius 1 is 1.50 bits per heavy atom. The number of imidazole rings is 1. The molecule has 4 heteroatoms. The first-order valence-electron chi connectivity index (χ1n) is 5.31. The molecule has 2 rings (SSSR count). The highest BCUT2D eigenvalue weighted by Gasteiger charge is 2.07. The molecular formula is C12H14N2O2. The third-order valence-electron chi connectivity index (χ3n) is 2.48. The molecule has 84 valence electrons. The number of benzene rings is 1. The first kappa shape index (κ1) is 10.8. The summed E-state index contributed by atoms with van der Waals surface area (Å²) in [6.07, 6.45) is 0.897. The summed E-state index contributed by atoms with van der Waals surface area (Å²) in [5, 5.41) is 8.67. The van der Waals surface area contributed by atoms with Gasteiger partial charge in [0, 0.05) is 18.6 Å². The molecule has 2 N–H and O–H groups in total. The van der Waals surface area contributed by atoms with Crippen molar-refractivity contribution in [3.05, 3.63) is 29.6 Å². The van der Waals surface area contributed by atoms with Crippen LogP contribution in [-0.2, 0) is 0 Å². The van der Waals surface area contributed by atoms with Gasteiger partial charge in [-0.15, -0.1) is 0 Å². The van der Waals surface area contributed by atoms with Gasteiger partial charge >= 0.3 is 0 Å². The van der Waals surface area contributed by atoms with Crippen LogP contribution >= 0.6 is 0 Å². The molecule has 0 bridgehead atoms. The van der Waals surface area contributed by atoms with Crippen molar-refractivity contribution in [2.45, 2.75) is 19.8 Å². The molecule has 0 spiro atoms. The highest BCUT2D eigenvalue weighted by Crippen LogP contribution is 2.15. The van der Waals surface area contributed by atoms with E-state index in [1.54, 1.807) is 6.07 Å². The number of Topliss-reactive ketones (excluding diaryl/α,β-unsaturated/α-hetero) is 1. The Balaban J connectivity index is 2.28. The van der Waals surface area contributed by atoms with Gasteiger partial charge in [0.15, 0.2) is 5.78 Å². The number of nitrogens with zero attached hydrogens (tertiary/aromatic N) is 1. The molecule has 1 aromatic heterocycles. The molecule has 0 aliphatic rings. The standard InChI is InChI=1S/C12H14N2O2/c1-8-13-10-5-4-9(7-11(10)14-8)12(16)3-2-6-15/h4-5,7,15H,2-3,6H2,1H3,(H,13,14). The van der Waals surface area contributed by atoms with Gasteiger partial charge in [0.1, 0.15) is 5.82 Å². The van der Waals surface area contributed by atoms with Gasteiger partial charge < -0.3 is 10.1 Å². The number of ketones is 1. The normalized spacial score (nSPS) is 10.9. The molecule has 1 heterocycles. The van der Waals surface area contributed by atoms with Gasteiger partial charge in [-0.3, -0.25) is 4.79 Å². The summed E-state index contributed by atoms with van der Waals surface area (Å²) in [6.45, 7) is 1.93. The number of H-pyrrole nitrogens is 1. The van der Waals surface area contributed by atoms with Crippen molar-refractivity contribution in [1.29, 1.82) is 0 Å². The second kappa shape index (κ2) is 4.45. The molecule has 0 amide bonds. The van der Waals surface area contributed by atoms with E-state index in [1.165, 1.54) is 0 Å². The van der Waals surface area contributed by atoms with E-state index in [-0.39, 0.29) is 12.4 Å². The Morgan fingerprint density at radius 2 is 2.31 bits per heavy atom. The average molecular weight is 218 g/mol. The van der Waals surface area contributed by atoms with Crippen molar-refractivity contribution >= 4 is 16.8 Å². The van der Waals surface area contributed by atoms with Gasteiger partial charge in [0.05, 0.1) is 11.0 Å². The zero-order valence-corrected chi connectivity index (χ0v) is 9.16. The quantitative estimate of drug-likeness (QED) is 0.769. The molecule has 0 saturated heterocycles. The van der Waals surface area contributed by atoms with Crippen LogP contribution in [0.15, 0.2) is 18.2 Å². The number of rotatable bonds is 4. The van der Waals surface area contributed by atoms with Crippen LogP contribution in [-0.4, -0.2) is 27.5 Å². The van der Waals surface area contributed by atoms with Gasteiger partial charge in [-0.25, -0.2) is 4.98 Å². The Morgan fingerprint density at radius 3 is 3.06 bits per heavy atom. The lowest BCUT2D eigenvalue weighted by molar-refractivity contribution is 0.0971. The van der Waals surface area contributed by atoms with Crippen molar-refractivity contribution < 1.29 is 9.90 Å². The number of aliphatic hydroxyl groups excluding tert-OH is 1. The van der Waals surface area contributed by atoms with E-state index in [4.69, 9.17) is 5.11 Å². The number of hydrogen-bond acceptors (Lipinski definition) is 3. The molecule has 0 fully saturated rings. The van der Waals surface area contributed by atoms with Gasteiger partial charge in [-0.05, 0) is 31.5 Å². The zero-order valence-electron chi connectivity index (χ0n) is 9.16. The minimum absolute atomic E-state index is 0.0527. The summed E-state index contributed by atoms with van der Waals surface area (Å²) >= 11 is 0. The van der Waals surface area contributed by atoms with Crippen molar-refractivity contribution in [2.24, 2.45) is 0 Å². The number of aryl methyl sites for hydroxylation is 1. The van der Waals surface area contributed by atoms with E-state index >= 15 is 0 Å². The van der Waals surface area contributed by atoms with Crippen molar-refractivity contribution in [2.75, 3.05) is 6.61 Å². The van der Waals surface area contributed by atoms with Crippen LogP contribution < -0.4 is 0 Å². The third-order valence-corrected chi connectivity index (χ3v) is 2.48. The van der Waals surface area contributed by atoms with E-state index < -0.39 is 0 Å². The second-order valence-corrected chi connectivity index (χ2v) is 3.80. The fourth-order valence-corrected chi connectivity index (χ4v) is 1.69. The number of nitrogens with one attached hydrogen (secondary N) is 1. The molecule has 16 heavy (non-hydrogen) atoms. The smallest absolute Gasteiger partial charge is 0.163 e. The average Bonchev–Trinajstić information content (AvgIpc) is 2.64. The van der Waals surface area contributed by atoms with E-state index in [1.807, 2.05) is 19.1 Å². The summed E-state index contributed by atoms with van der Waals surface area (Å²) in [4.78, 5) is 19.1. The lowest BCUT2D eigenvalue weighted by Gasteiger charge is -1.99. The molecule has 4 nitrogen and oxygen atoms in total. The first-order valence-corrected chi connectivity index (χ1v) is 5.31. The van der Waals surface area contributed by atoms with Crippen molar-refractivity contribution in [3.8, 4) is 0 Å². The third kappa shape index (κ3) is 2.12. The Labute approximate surface area is 93.3 Å². The maximum atomic E-state index is 11.7. The molecule has 1 aromatic carbocycles. The minimum Gasteiger partial charge on any atom is -0.396 e. The molecule has 0 radical (unpaired) electrons. The Hall–Kier alpha value is -1.68. The molecule has 0 saturated carbocycles. The lowest BCUT2D eigenvalue weighted by atomic mass is 10.1. The van der Waals surface area contributed by atoms with Crippen LogP contribution in [0.25, 0.3) is 11.0 Å². The number of hydrogen-bond donors (Lipinski definition) is 2. The van der Waals surface area contributed by atoms with E-state index in [2.05, 4.69) is 9.97 Å². The number of fused-ring (bicyclic) bond motifs is 1. The number of carbonyl (C=O) groups excluding carboxylic acids is 1. The summed E-state index contributed by atoms with van der Waals surface area (Å²) in [5.74, 6) is 0.901. The van der Waals surface area contributed by atoms with Crippen LogP contribution in [0.2, 0.25) is 0 Å². The Kier molecular flexibility index (Phi) is 3.01. The second-order valence-electron chi connectivity index (χ2n) is 3.80. The van der Waals surface area contributed by atoms with E-state index in [9.17, 15) is 4.79 Å². The largest absolute Gasteiger partial charge is 0.396 e. The minimum atomic E-state index is 0.0527. The SMILES string of the molecule is Cc1nc2ccc(C(=O)CCCO)cc2[nH]1. The fraction of sp³-hybridized carbons (Fsp3) is 0.333. The molecular weight excluding hydrogens is 204 g/mol. The predicted molar refractivity (Wildman–Crippen MR) is 61.5 cm³/mol. The highest BCUT2D eigenvalue weighted by atomic mass is 16.3. The van der Waals surface area contributed by atoms with Gasteiger partial charge in [-0.2, -0.15) is 0 Å². The molecule has 0 aliphatic heterocycles. The van der Waals surface area contributed by atoms with Gasteiger partial charge in [0.2, 0.25) is 0 Å². The number of aromatic amines is 1. The maximum Gasteiger partial charge on any atom is 0.163 e. The first-order chi connectivity index (χ1) is 7.70.